The SMILES string of the molecule is COc1cc(O)ccc1C(CCOC1c2ccccc2CC1C(=O)O)c1ccc2c(c1)OCO2. The molecule has 7 nitrogen and oxygen atoms in total. The summed E-state index contributed by atoms with van der Waals surface area (Å²) in [4.78, 5) is 11.9. The summed E-state index contributed by atoms with van der Waals surface area (Å²) < 4.78 is 22.8. The fourth-order valence-corrected chi connectivity index (χ4v) is 4.91. The van der Waals surface area contributed by atoms with E-state index in [1.54, 1.807) is 19.2 Å². The number of fused-ring (bicyclic) bond motifs is 2. The van der Waals surface area contributed by atoms with Gasteiger partial charge in [-0.15, -0.1) is 0 Å². The number of rotatable bonds is 8. The van der Waals surface area contributed by atoms with E-state index in [-0.39, 0.29) is 18.5 Å². The lowest BCUT2D eigenvalue weighted by Crippen LogP contribution is -2.21. The van der Waals surface area contributed by atoms with Crippen molar-refractivity contribution in [2.45, 2.75) is 24.9 Å². The Morgan fingerprint density at radius 3 is 2.74 bits per heavy atom. The molecule has 0 saturated carbocycles. The molecule has 34 heavy (non-hydrogen) atoms. The van der Waals surface area contributed by atoms with E-state index >= 15 is 0 Å². The molecule has 0 saturated heterocycles. The lowest BCUT2D eigenvalue weighted by molar-refractivity contribution is -0.147. The number of phenols is 1. The van der Waals surface area contributed by atoms with E-state index in [0.717, 1.165) is 22.3 Å². The molecule has 0 radical (unpaired) electrons. The van der Waals surface area contributed by atoms with E-state index in [2.05, 4.69) is 0 Å². The minimum Gasteiger partial charge on any atom is -0.508 e. The van der Waals surface area contributed by atoms with Crippen molar-refractivity contribution in [1.82, 2.24) is 0 Å². The van der Waals surface area contributed by atoms with Crippen LogP contribution in [0, 0.1) is 5.92 Å². The van der Waals surface area contributed by atoms with Crippen molar-refractivity contribution in [3.63, 3.8) is 0 Å². The van der Waals surface area contributed by atoms with Crippen molar-refractivity contribution < 1.29 is 34.0 Å². The summed E-state index contributed by atoms with van der Waals surface area (Å²) in [5, 5.41) is 19.7. The van der Waals surface area contributed by atoms with Crippen LogP contribution in [0.5, 0.6) is 23.0 Å². The van der Waals surface area contributed by atoms with Gasteiger partial charge >= 0.3 is 5.97 Å². The number of aromatic hydroxyl groups is 1. The molecule has 3 unspecified atom stereocenters. The van der Waals surface area contributed by atoms with Crippen molar-refractivity contribution in [1.29, 1.82) is 0 Å². The average Bonchev–Trinajstić information content (AvgIpc) is 3.46. The summed E-state index contributed by atoms with van der Waals surface area (Å²) in [5.74, 6) is 0.467. The molecule has 0 aromatic heterocycles. The predicted octanol–water partition coefficient (Wildman–Crippen LogP) is 4.67. The molecule has 3 aromatic carbocycles. The third kappa shape index (κ3) is 4.15. The number of hydrogen-bond donors (Lipinski definition) is 2. The number of benzene rings is 3. The van der Waals surface area contributed by atoms with Gasteiger partial charge in [0.25, 0.3) is 0 Å². The Labute approximate surface area is 197 Å². The Bertz CT molecular complexity index is 1210. The van der Waals surface area contributed by atoms with E-state index < -0.39 is 18.0 Å². The van der Waals surface area contributed by atoms with E-state index in [1.165, 1.54) is 0 Å². The maximum atomic E-state index is 11.9. The highest BCUT2D eigenvalue weighted by Crippen LogP contribution is 2.43. The van der Waals surface area contributed by atoms with E-state index in [0.29, 0.717) is 36.7 Å². The molecule has 0 amide bonds. The standard InChI is InChI=1S/C27H26O7/c1-31-24-14-18(28)7-8-21(24)19(17-6-9-23-25(13-17)34-15-33-23)10-11-32-26-20-5-3-2-4-16(20)12-22(26)27(29)30/h2-9,13-14,19,22,26,28H,10-12,15H2,1H3,(H,29,30). The minimum absolute atomic E-state index is 0.119. The van der Waals surface area contributed by atoms with Gasteiger partial charge in [0.2, 0.25) is 6.79 Å². The van der Waals surface area contributed by atoms with Gasteiger partial charge in [0.1, 0.15) is 11.5 Å². The maximum absolute atomic E-state index is 11.9. The Kier molecular flexibility index (Phi) is 6.02. The van der Waals surface area contributed by atoms with E-state index in [1.807, 2.05) is 48.5 Å². The summed E-state index contributed by atoms with van der Waals surface area (Å²) in [7, 11) is 1.57. The number of methoxy groups -OCH3 is 1. The van der Waals surface area contributed by atoms with Gasteiger partial charge in [-0.2, -0.15) is 0 Å². The van der Waals surface area contributed by atoms with Crippen LogP contribution in [0.25, 0.3) is 0 Å². The van der Waals surface area contributed by atoms with Crippen molar-refractivity contribution in [2.24, 2.45) is 5.92 Å². The lowest BCUT2D eigenvalue weighted by atomic mass is 9.87. The highest BCUT2D eigenvalue weighted by Gasteiger charge is 2.38. The number of carboxylic acid groups (broad SMARTS) is 1. The number of hydrogen-bond acceptors (Lipinski definition) is 6. The summed E-state index contributed by atoms with van der Waals surface area (Å²) in [6, 6.07) is 18.6. The lowest BCUT2D eigenvalue weighted by Gasteiger charge is -2.23. The molecular formula is C27H26O7. The Morgan fingerprint density at radius 2 is 1.91 bits per heavy atom. The number of carboxylic acids is 1. The van der Waals surface area contributed by atoms with Gasteiger partial charge < -0.3 is 29.2 Å². The molecule has 5 rings (SSSR count). The molecule has 1 aliphatic carbocycles. The van der Waals surface area contributed by atoms with Gasteiger partial charge in [-0.05, 0) is 47.7 Å². The molecule has 1 heterocycles. The van der Waals surface area contributed by atoms with Crippen LogP contribution in [0.2, 0.25) is 0 Å². The summed E-state index contributed by atoms with van der Waals surface area (Å²) in [6.45, 7) is 0.526. The van der Waals surface area contributed by atoms with Crippen LogP contribution < -0.4 is 14.2 Å². The smallest absolute Gasteiger partial charge is 0.309 e. The second-order valence-electron chi connectivity index (χ2n) is 8.52. The highest BCUT2D eigenvalue weighted by atomic mass is 16.7. The Balaban J connectivity index is 1.42. The quantitative estimate of drug-likeness (QED) is 0.503. The van der Waals surface area contributed by atoms with Gasteiger partial charge in [-0.3, -0.25) is 4.79 Å². The van der Waals surface area contributed by atoms with Crippen LogP contribution in [0.15, 0.2) is 60.7 Å². The fraction of sp³-hybridized carbons (Fsp3) is 0.296. The number of phenolic OH excluding ortho intramolecular Hbond substituents is 1. The van der Waals surface area contributed by atoms with Crippen LogP contribution in [-0.2, 0) is 16.0 Å². The van der Waals surface area contributed by atoms with E-state index in [9.17, 15) is 15.0 Å². The molecule has 3 aromatic rings. The minimum atomic E-state index is -0.853. The van der Waals surface area contributed by atoms with Gasteiger partial charge in [0.05, 0.1) is 19.1 Å². The monoisotopic (exact) mass is 462 g/mol. The molecular weight excluding hydrogens is 436 g/mol. The summed E-state index contributed by atoms with van der Waals surface area (Å²) >= 11 is 0. The normalized spacial score (nSPS) is 19.0. The molecule has 0 fully saturated rings. The van der Waals surface area contributed by atoms with Gasteiger partial charge in [-0.25, -0.2) is 0 Å². The number of ether oxygens (including phenoxy) is 4. The van der Waals surface area contributed by atoms with Gasteiger partial charge in [0.15, 0.2) is 11.5 Å². The summed E-state index contributed by atoms with van der Waals surface area (Å²) in [6.07, 6.45) is 0.548. The zero-order valence-corrected chi connectivity index (χ0v) is 18.8. The van der Waals surface area contributed by atoms with Gasteiger partial charge in [-0.1, -0.05) is 36.4 Å². The second-order valence-corrected chi connectivity index (χ2v) is 8.52. The zero-order chi connectivity index (χ0) is 23.7. The first-order valence-corrected chi connectivity index (χ1v) is 11.2. The molecule has 2 N–H and O–H groups in total. The fourth-order valence-electron chi connectivity index (χ4n) is 4.91. The summed E-state index contributed by atoms with van der Waals surface area (Å²) in [5.41, 5.74) is 3.84. The zero-order valence-electron chi connectivity index (χ0n) is 18.8. The molecule has 1 aliphatic heterocycles. The first kappa shape index (κ1) is 22.1. The highest BCUT2D eigenvalue weighted by molar-refractivity contribution is 5.73. The van der Waals surface area contributed by atoms with Crippen LogP contribution in [0.3, 0.4) is 0 Å². The van der Waals surface area contributed by atoms with E-state index in [4.69, 9.17) is 18.9 Å². The van der Waals surface area contributed by atoms with Crippen molar-refractivity contribution in [2.75, 3.05) is 20.5 Å². The van der Waals surface area contributed by atoms with Crippen molar-refractivity contribution in [3.8, 4) is 23.0 Å². The predicted molar refractivity (Wildman–Crippen MR) is 124 cm³/mol. The van der Waals surface area contributed by atoms with Crippen LogP contribution >= 0.6 is 0 Å². The topological polar surface area (TPSA) is 94.5 Å². The third-order valence-corrected chi connectivity index (χ3v) is 6.58. The van der Waals surface area contributed by atoms with Crippen molar-refractivity contribution in [3.05, 3.63) is 82.9 Å². The van der Waals surface area contributed by atoms with Crippen LogP contribution in [-0.4, -0.2) is 36.7 Å². The van der Waals surface area contributed by atoms with Crippen LogP contribution in [0.4, 0.5) is 0 Å². The molecule has 0 bridgehead atoms. The second kappa shape index (κ2) is 9.27. The van der Waals surface area contributed by atoms with Crippen LogP contribution in [0.1, 0.15) is 40.7 Å². The first-order valence-electron chi connectivity index (χ1n) is 11.2. The Morgan fingerprint density at radius 1 is 1.09 bits per heavy atom. The first-order chi connectivity index (χ1) is 16.5. The molecule has 3 atom stereocenters. The average molecular weight is 462 g/mol. The largest absolute Gasteiger partial charge is 0.508 e. The number of aliphatic carboxylic acids is 1. The Hall–Kier alpha value is -3.71. The molecule has 176 valence electrons. The number of carbonyl (C=O) groups is 1. The molecule has 7 heteroatoms. The third-order valence-electron chi connectivity index (χ3n) is 6.58. The molecule has 2 aliphatic rings. The maximum Gasteiger partial charge on any atom is 0.309 e. The van der Waals surface area contributed by atoms with Gasteiger partial charge in [0, 0.05) is 24.2 Å². The van der Waals surface area contributed by atoms with Crippen molar-refractivity contribution >= 4 is 5.97 Å². The molecule has 0 spiro atoms.